The number of carbonyl (C=O) groups is 2. The first-order chi connectivity index (χ1) is 41.2. The van der Waals surface area contributed by atoms with Gasteiger partial charge in [0.05, 0.1) is 31.8 Å². The zero-order valence-corrected chi connectivity index (χ0v) is 80.1. The fraction of sp³-hybridized carbons (Fsp3) is 0.935. The molecule has 5 aliphatic heterocycles. The standard InChI is InChI=1S/C31H53N3O49S8.10Na/c1-69-27-9(33-85(48,49)50)13(37)17(6(74-27)3-71-88(57,58)59)76-31-22(83-91(66,67)68)16(40)21(24(81-31)26(43)44)79-29-10(34-86(51,52)53)19(82-90(63,64)65)18(7(75-29)4-72-89(60,61)62)77-30-15(39)14(38)20(23(80-30)25(41)42)78-28-8(32-84(45,46)47)12(36)11(35)5(73-28)2-70-87(54,55)56;;;;;;;;;;/h5-24,27-40H,2-4H2,1H3,(H,41,42)(H,43,44)(H,45,46,47)(H,48,49,50)(H,51,52,53)(H,54,55,56)(H,57,58,59)(H,60,61,62)(H,63,64,65)(H,66,67,68);;;;;;;;;;/q;10*+1/p-10/t5-,6-,7-,8-,9-,10+,11-,12+,13-,14-,15-,16-,17-,18?,19+,20+,21-,22-,23-,24-,27+,28-,29+,30-,31+;;;;;;;;;;/m0........../s1. The van der Waals surface area contributed by atoms with E-state index in [1.54, 1.807) is 0 Å². The summed E-state index contributed by atoms with van der Waals surface area (Å²) < 4.78 is 359. The Labute approximate surface area is 793 Å². The molecule has 101 heavy (non-hydrogen) atoms. The molecule has 25 atom stereocenters. The summed E-state index contributed by atoms with van der Waals surface area (Å²) in [7, 11) is -48.4. The van der Waals surface area contributed by atoms with Crippen LogP contribution >= 0.6 is 0 Å². The van der Waals surface area contributed by atoms with Crippen molar-refractivity contribution in [2.24, 2.45) is 0 Å². The average Bonchev–Trinajstić information content (AvgIpc) is 0.764. The van der Waals surface area contributed by atoms with Gasteiger partial charge in [-0.05, 0) is 0 Å². The Morgan fingerprint density at radius 1 is 0.337 bits per heavy atom. The number of ether oxygens (including phenoxy) is 10. The van der Waals surface area contributed by atoms with E-state index < -0.39 is 268 Å². The van der Waals surface area contributed by atoms with Crippen molar-refractivity contribution in [3.05, 3.63) is 0 Å². The maximum absolute atomic E-state index is 12.8. The second-order valence-electron chi connectivity index (χ2n) is 18.5. The number of hydrogen-bond donors (Lipinski definition) is 9. The summed E-state index contributed by atoms with van der Waals surface area (Å²) >= 11 is 0. The Balaban J connectivity index is -0.00000226. The molecule has 0 radical (unpaired) electrons. The molecule has 0 saturated carbocycles. The van der Waals surface area contributed by atoms with Crippen molar-refractivity contribution in [1.29, 1.82) is 0 Å². The van der Waals surface area contributed by atoms with Crippen LogP contribution in [0.3, 0.4) is 0 Å². The maximum atomic E-state index is 12.8. The van der Waals surface area contributed by atoms with Gasteiger partial charge in [-0.2, -0.15) is 0 Å². The first-order valence-corrected chi connectivity index (χ1v) is 34.3. The van der Waals surface area contributed by atoms with Gasteiger partial charge in [0.25, 0.3) is 0 Å². The predicted octanol–water partition coefficient (Wildman–Crippen LogP) is -49.1. The molecule has 5 aliphatic rings. The number of aliphatic hydroxyl groups is 6. The zero-order valence-electron chi connectivity index (χ0n) is 53.6. The van der Waals surface area contributed by atoms with Gasteiger partial charge in [-0.1, -0.05) is 0 Å². The van der Waals surface area contributed by atoms with Gasteiger partial charge in [0.2, 0.25) is 52.0 Å². The van der Waals surface area contributed by atoms with Crippen LogP contribution in [0.2, 0.25) is 0 Å². The largest absolute Gasteiger partial charge is 1.00 e. The topological polar surface area (TPSA) is 834 Å². The summed E-state index contributed by atoms with van der Waals surface area (Å²) in [6.45, 7) is -5.44. The summed E-state index contributed by atoms with van der Waals surface area (Å²) in [5.41, 5.74) is 0. The summed E-state index contributed by atoms with van der Waals surface area (Å²) in [5, 5.41) is 92.1. The van der Waals surface area contributed by atoms with Crippen molar-refractivity contribution in [3.8, 4) is 0 Å². The Morgan fingerprint density at radius 2 is 0.653 bits per heavy atom. The van der Waals surface area contributed by atoms with Crippen LogP contribution < -0.4 is 320 Å². The fourth-order valence-corrected chi connectivity index (χ4v) is 12.6. The van der Waals surface area contributed by atoms with Crippen LogP contribution in [0.1, 0.15) is 0 Å². The van der Waals surface area contributed by atoms with Crippen molar-refractivity contribution in [1.82, 2.24) is 14.2 Å². The van der Waals surface area contributed by atoms with Crippen LogP contribution in [0, 0.1) is 0 Å². The molecular weight excluding hydrogens is 1680 g/mol. The SMILES string of the molecule is CO[C@@H]1O[C@@H](COS(=O)(=O)[O-])[C@H](O[C@@H]2O[C@H](C(=O)[O-])[C@@H](O[C@H]3O[C@@H](COS(=O)(=O)[O-])C(O[C@H]4O[C@H](C(=O)[O-])[C@H](O[C@@H]5O[C@@H](COS(=O)(=O)[O-])[C@H](O)[C@H](O)[C@@H]5NS(=O)(=O)[O-])[C@@H](O)[C@@H]4O)[C@H](OS(=O)(=O)[O-])[C@H]3NS(=O)(=O)[O-])[C@H](O)[C@@H]2OS(=O)(=O)[O-])[C@@H](O)[C@@H]1NS(=O)(=O)[O-].[Na+].[Na+].[Na+].[Na+].[Na+].[Na+].[Na+].[Na+].[Na+].[Na+]. The predicted molar refractivity (Wildman–Crippen MR) is 242 cm³/mol. The normalized spacial score (nSPS) is 34.8. The number of carboxylic acid groups (broad SMARTS) is 2. The Hall–Kier alpha value is 7.26. The third-order valence-corrected chi connectivity index (χ3v) is 16.2. The Kier molecular flexibility index (Phi) is 57.7. The molecule has 5 saturated heterocycles. The number of aliphatic carboxylic acids is 2. The quantitative estimate of drug-likeness (QED) is 0.0183. The number of hydrogen-bond acceptors (Lipinski definition) is 49. The number of carboxylic acids is 2. The van der Waals surface area contributed by atoms with E-state index in [2.05, 4.69) is 20.9 Å². The summed E-state index contributed by atoms with van der Waals surface area (Å²) in [6.07, 6.45) is -66.6. The van der Waals surface area contributed by atoms with E-state index in [4.69, 9.17) is 47.4 Å². The van der Waals surface area contributed by atoms with E-state index in [1.165, 1.54) is 4.72 Å². The van der Waals surface area contributed by atoms with Gasteiger partial charge < -0.3 is 134 Å². The van der Waals surface area contributed by atoms with Crippen LogP contribution in [-0.4, -0.2) is 327 Å². The molecule has 0 bridgehead atoms. The van der Waals surface area contributed by atoms with Gasteiger partial charge in [0.15, 0.2) is 68.5 Å². The molecule has 0 aromatic carbocycles. The van der Waals surface area contributed by atoms with E-state index in [-0.39, 0.29) is 296 Å². The Bertz CT molecular complexity index is 3530. The molecule has 0 aromatic rings. The minimum Gasteiger partial charge on any atom is -0.735 e. The number of methoxy groups -OCH3 is 1. The number of aliphatic hydroxyl groups excluding tert-OH is 6. The van der Waals surface area contributed by atoms with Crippen LogP contribution in [0.25, 0.3) is 0 Å². The molecule has 5 heterocycles. The van der Waals surface area contributed by atoms with Crippen LogP contribution in [0.5, 0.6) is 0 Å². The molecule has 0 spiro atoms. The van der Waals surface area contributed by atoms with Gasteiger partial charge in [0, 0.05) is 7.11 Å². The second kappa shape index (κ2) is 49.0. The van der Waals surface area contributed by atoms with Crippen molar-refractivity contribution in [2.75, 3.05) is 26.9 Å². The fourth-order valence-electron chi connectivity index (χ4n) is 8.93. The molecule has 5 rings (SSSR count). The molecule has 1 unspecified atom stereocenters. The first-order valence-electron chi connectivity index (χ1n) is 23.4. The van der Waals surface area contributed by atoms with Crippen molar-refractivity contribution >= 4 is 94.8 Å². The van der Waals surface area contributed by atoms with E-state index in [1.807, 2.05) is 0 Å². The van der Waals surface area contributed by atoms with E-state index in [9.17, 15) is 154 Å². The average molecular weight is 1730 g/mol. The molecule has 5 fully saturated rings. The number of rotatable bonds is 30. The van der Waals surface area contributed by atoms with Gasteiger partial charge in [-0.25, -0.2) is 81.5 Å². The number of carbonyl (C=O) groups excluding carboxylic acids is 2. The van der Waals surface area contributed by atoms with Crippen molar-refractivity contribution in [2.45, 2.75) is 153 Å². The van der Waals surface area contributed by atoms with Crippen molar-refractivity contribution in [3.63, 3.8) is 0 Å². The molecule has 0 aromatic heterocycles. The van der Waals surface area contributed by atoms with Crippen LogP contribution in [-0.2, 0) is 161 Å². The van der Waals surface area contributed by atoms with Crippen LogP contribution in [0.15, 0.2) is 0 Å². The molecule has 9 N–H and O–H groups in total. The first kappa shape index (κ1) is 119. The summed E-state index contributed by atoms with van der Waals surface area (Å²) in [6, 6.07) is -8.60. The summed E-state index contributed by atoms with van der Waals surface area (Å²) in [5.74, 6) is -5.54. The van der Waals surface area contributed by atoms with Gasteiger partial charge in [-0.15, -0.1) is 0 Å². The zero-order chi connectivity index (χ0) is 69.4. The van der Waals surface area contributed by atoms with Gasteiger partial charge in [0.1, 0.15) is 116 Å². The third kappa shape index (κ3) is 38.3. The van der Waals surface area contributed by atoms with E-state index >= 15 is 0 Å². The minimum atomic E-state index is -6.68. The molecule has 534 valence electrons. The minimum absolute atomic E-state index is 0. The van der Waals surface area contributed by atoms with E-state index in [0.29, 0.717) is 7.11 Å². The maximum Gasteiger partial charge on any atom is 1.00 e. The molecule has 0 amide bonds. The van der Waals surface area contributed by atoms with Gasteiger partial charge >= 0.3 is 296 Å². The van der Waals surface area contributed by atoms with Crippen molar-refractivity contribution < 1.29 is 518 Å². The summed E-state index contributed by atoms with van der Waals surface area (Å²) in [4.78, 5) is 25.5. The van der Waals surface area contributed by atoms with Crippen LogP contribution in [0.4, 0.5) is 0 Å². The molecule has 0 aliphatic carbocycles. The smallest absolute Gasteiger partial charge is 0.735 e. The monoisotopic (exact) mass is 1730 g/mol. The third-order valence-electron chi connectivity index (χ3n) is 12.4. The van der Waals surface area contributed by atoms with Gasteiger partial charge in [-0.3, -0.25) is 20.9 Å². The molecule has 70 heteroatoms. The molecule has 52 nitrogen and oxygen atoms in total. The Morgan fingerprint density at radius 3 is 1.04 bits per heavy atom. The molecular formula is C31H43N3Na10O49S8. The van der Waals surface area contributed by atoms with E-state index in [0.717, 1.165) is 9.44 Å². The second-order valence-corrected chi connectivity index (χ2v) is 27.1. The number of nitrogens with one attached hydrogen (secondary N) is 3.